The summed E-state index contributed by atoms with van der Waals surface area (Å²) in [4.78, 5) is 2.31. The molecule has 1 aromatic rings. The minimum absolute atomic E-state index is 0.836. The lowest BCUT2D eigenvalue weighted by Gasteiger charge is -2.28. The molecular weight excluding hydrogens is 224 g/mol. The van der Waals surface area contributed by atoms with Gasteiger partial charge in [0.1, 0.15) is 5.82 Å². The smallest absolute Gasteiger partial charge is 0.150 e. The highest BCUT2D eigenvalue weighted by Crippen LogP contribution is 2.48. The molecule has 0 spiro atoms. The van der Waals surface area contributed by atoms with Crippen LogP contribution in [0.25, 0.3) is 0 Å². The number of nitrogens with zero attached hydrogens (tertiary/aromatic N) is 3. The zero-order chi connectivity index (χ0) is 12.9. The summed E-state index contributed by atoms with van der Waals surface area (Å²) in [6.45, 7) is 3.11. The van der Waals surface area contributed by atoms with Crippen LogP contribution in [0.2, 0.25) is 0 Å². The number of aromatic nitrogens is 2. The maximum absolute atomic E-state index is 6.13. The maximum atomic E-state index is 6.13. The Morgan fingerprint density at radius 3 is 2.67 bits per heavy atom. The van der Waals surface area contributed by atoms with Crippen LogP contribution in [0.4, 0.5) is 11.5 Å². The third-order valence-corrected chi connectivity index (χ3v) is 4.99. The van der Waals surface area contributed by atoms with Gasteiger partial charge in [0.25, 0.3) is 0 Å². The lowest BCUT2D eigenvalue weighted by atomic mass is 9.88. The van der Waals surface area contributed by atoms with E-state index in [1.54, 1.807) is 0 Å². The number of nitrogens with two attached hydrogens (primary N) is 1. The molecule has 2 saturated carbocycles. The standard InChI is InChI=1S/C14H24N4/c1-9-13(15)14(18(3)16-9)17(2)8-12-7-10-4-5-11(12)6-10/h10-12H,4-8,15H2,1-3H3. The first-order chi connectivity index (χ1) is 8.56. The largest absolute Gasteiger partial charge is 0.394 e. The third kappa shape index (κ3) is 1.78. The summed E-state index contributed by atoms with van der Waals surface area (Å²) in [5.41, 5.74) is 7.90. The third-order valence-electron chi connectivity index (χ3n) is 4.99. The monoisotopic (exact) mass is 248 g/mol. The lowest BCUT2D eigenvalue weighted by molar-refractivity contribution is 0.336. The Bertz CT molecular complexity index is 451. The molecule has 0 amide bonds. The fourth-order valence-corrected chi connectivity index (χ4v) is 4.15. The summed E-state index contributed by atoms with van der Waals surface area (Å²) in [6.07, 6.45) is 5.81. The van der Waals surface area contributed by atoms with Crippen LogP contribution < -0.4 is 10.6 Å². The van der Waals surface area contributed by atoms with E-state index >= 15 is 0 Å². The minimum atomic E-state index is 0.836. The summed E-state index contributed by atoms with van der Waals surface area (Å²) in [5.74, 6) is 3.92. The van der Waals surface area contributed by atoms with Crippen molar-refractivity contribution in [2.45, 2.75) is 32.6 Å². The number of anilines is 2. The molecule has 2 aliphatic rings. The van der Waals surface area contributed by atoms with Gasteiger partial charge in [-0.2, -0.15) is 5.10 Å². The number of hydrogen-bond acceptors (Lipinski definition) is 3. The van der Waals surface area contributed by atoms with E-state index < -0.39 is 0 Å². The predicted molar refractivity (Wildman–Crippen MR) is 74.6 cm³/mol. The Kier molecular flexibility index (Phi) is 2.76. The topological polar surface area (TPSA) is 47.1 Å². The summed E-state index contributed by atoms with van der Waals surface area (Å²) < 4.78 is 1.91. The predicted octanol–water partition coefficient (Wildman–Crippen LogP) is 2.18. The van der Waals surface area contributed by atoms with E-state index in [1.807, 2.05) is 18.7 Å². The molecule has 2 N–H and O–H groups in total. The van der Waals surface area contributed by atoms with Gasteiger partial charge in [0.2, 0.25) is 0 Å². The van der Waals surface area contributed by atoms with Gasteiger partial charge in [-0.05, 0) is 43.9 Å². The zero-order valence-corrected chi connectivity index (χ0v) is 11.7. The molecule has 2 fully saturated rings. The van der Waals surface area contributed by atoms with Crippen molar-refractivity contribution in [3.05, 3.63) is 5.69 Å². The molecule has 1 aromatic heterocycles. The van der Waals surface area contributed by atoms with E-state index in [0.717, 1.165) is 41.5 Å². The highest BCUT2D eigenvalue weighted by Gasteiger charge is 2.40. The molecule has 2 aliphatic carbocycles. The van der Waals surface area contributed by atoms with Gasteiger partial charge in [-0.1, -0.05) is 6.42 Å². The second-order valence-electron chi connectivity index (χ2n) is 6.26. The maximum Gasteiger partial charge on any atom is 0.150 e. The van der Waals surface area contributed by atoms with Gasteiger partial charge < -0.3 is 10.6 Å². The lowest BCUT2D eigenvalue weighted by Crippen LogP contribution is -2.30. The van der Waals surface area contributed by atoms with E-state index in [-0.39, 0.29) is 0 Å². The van der Waals surface area contributed by atoms with Gasteiger partial charge in [0.05, 0.1) is 11.4 Å². The molecule has 4 heteroatoms. The van der Waals surface area contributed by atoms with Crippen LogP contribution in [-0.2, 0) is 7.05 Å². The van der Waals surface area contributed by atoms with Crippen LogP contribution in [-0.4, -0.2) is 23.4 Å². The number of rotatable bonds is 3. The van der Waals surface area contributed by atoms with Crippen LogP contribution in [0.5, 0.6) is 0 Å². The average Bonchev–Trinajstić information content (AvgIpc) is 2.95. The fraction of sp³-hybridized carbons (Fsp3) is 0.786. The first-order valence-electron chi connectivity index (χ1n) is 7.06. The van der Waals surface area contributed by atoms with Crippen LogP contribution in [0.1, 0.15) is 31.4 Å². The van der Waals surface area contributed by atoms with Gasteiger partial charge >= 0.3 is 0 Å². The van der Waals surface area contributed by atoms with Crippen molar-refractivity contribution in [1.29, 1.82) is 0 Å². The summed E-state index contributed by atoms with van der Waals surface area (Å²) in [7, 11) is 4.13. The van der Waals surface area contributed by atoms with Crippen molar-refractivity contribution in [2.75, 3.05) is 24.2 Å². The highest BCUT2D eigenvalue weighted by atomic mass is 15.4. The van der Waals surface area contributed by atoms with Crippen molar-refractivity contribution in [1.82, 2.24) is 9.78 Å². The van der Waals surface area contributed by atoms with Crippen LogP contribution in [0.3, 0.4) is 0 Å². The van der Waals surface area contributed by atoms with Crippen LogP contribution in [0, 0.1) is 24.7 Å². The molecule has 1 heterocycles. The second-order valence-corrected chi connectivity index (χ2v) is 6.26. The first kappa shape index (κ1) is 11.9. The number of nitrogen functional groups attached to an aromatic ring is 1. The van der Waals surface area contributed by atoms with E-state index in [0.29, 0.717) is 0 Å². The molecule has 4 nitrogen and oxygen atoms in total. The molecule has 0 radical (unpaired) electrons. The molecule has 100 valence electrons. The Labute approximate surface area is 109 Å². The van der Waals surface area contributed by atoms with E-state index in [2.05, 4.69) is 17.0 Å². The minimum Gasteiger partial charge on any atom is -0.394 e. The molecule has 2 bridgehead atoms. The Balaban J connectivity index is 1.73. The van der Waals surface area contributed by atoms with Crippen LogP contribution >= 0.6 is 0 Å². The average molecular weight is 248 g/mol. The van der Waals surface area contributed by atoms with Crippen molar-refractivity contribution in [3.8, 4) is 0 Å². The number of aryl methyl sites for hydroxylation is 2. The van der Waals surface area contributed by atoms with Crippen molar-refractivity contribution in [3.63, 3.8) is 0 Å². The Hall–Kier alpha value is -1.19. The summed E-state index contributed by atoms with van der Waals surface area (Å²) in [5, 5.41) is 4.40. The molecule has 0 saturated heterocycles. The van der Waals surface area contributed by atoms with Crippen molar-refractivity contribution >= 4 is 11.5 Å². The second kappa shape index (κ2) is 4.18. The van der Waals surface area contributed by atoms with E-state index in [1.165, 1.54) is 25.7 Å². The molecule has 18 heavy (non-hydrogen) atoms. The Morgan fingerprint density at radius 1 is 1.39 bits per heavy atom. The normalized spacial score (nSPS) is 30.1. The molecular formula is C14H24N4. The quantitative estimate of drug-likeness (QED) is 0.892. The molecule has 0 aliphatic heterocycles. The van der Waals surface area contributed by atoms with Gasteiger partial charge in [0.15, 0.2) is 0 Å². The molecule has 3 atom stereocenters. The molecule has 0 aromatic carbocycles. The first-order valence-corrected chi connectivity index (χ1v) is 7.06. The SMILES string of the molecule is Cc1nn(C)c(N(C)CC2CC3CCC2C3)c1N. The van der Waals surface area contributed by atoms with Gasteiger partial charge in [-0.3, -0.25) is 4.68 Å². The van der Waals surface area contributed by atoms with E-state index in [4.69, 9.17) is 5.73 Å². The molecule has 3 rings (SSSR count). The summed E-state index contributed by atoms with van der Waals surface area (Å²) >= 11 is 0. The number of hydrogen-bond donors (Lipinski definition) is 1. The number of fused-ring (bicyclic) bond motifs is 2. The van der Waals surface area contributed by atoms with Crippen LogP contribution in [0.15, 0.2) is 0 Å². The fourth-order valence-electron chi connectivity index (χ4n) is 4.15. The molecule has 3 unspecified atom stereocenters. The van der Waals surface area contributed by atoms with E-state index in [9.17, 15) is 0 Å². The van der Waals surface area contributed by atoms with Crippen molar-refractivity contribution < 1.29 is 0 Å². The summed E-state index contributed by atoms with van der Waals surface area (Å²) in [6, 6.07) is 0. The van der Waals surface area contributed by atoms with Gasteiger partial charge in [0, 0.05) is 20.6 Å². The Morgan fingerprint density at radius 2 is 2.17 bits per heavy atom. The highest BCUT2D eigenvalue weighted by molar-refractivity contribution is 5.65. The van der Waals surface area contributed by atoms with Gasteiger partial charge in [-0.15, -0.1) is 0 Å². The van der Waals surface area contributed by atoms with Gasteiger partial charge in [-0.25, -0.2) is 0 Å². The zero-order valence-electron chi connectivity index (χ0n) is 11.7. The van der Waals surface area contributed by atoms with Crippen molar-refractivity contribution in [2.24, 2.45) is 24.8 Å².